The number of anilines is 4. The SMILES string of the molecule is COc1ccc(N(C(=O)Oc2c(C)cccc2C)c2ccnc(Nc3ccc(OCCCN(C)C)cc3)n2)c(OC)c1. The van der Waals surface area contributed by atoms with Crippen LogP contribution >= 0.6 is 0 Å². The summed E-state index contributed by atoms with van der Waals surface area (Å²) in [6.07, 6.45) is 1.85. The van der Waals surface area contributed by atoms with Crippen molar-refractivity contribution >= 4 is 29.2 Å². The number of rotatable bonds is 12. The maximum atomic E-state index is 13.8. The van der Waals surface area contributed by atoms with E-state index in [4.69, 9.17) is 18.9 Å². The largest absolute Gasteiger partial charge is 0.497 e. The van der Waals surface area contributed by atoms with Crippen LogP contribution in [0.5, 0.6) is 23.0 Å². The normalized spacial score (nSPS) is 10.7. The van der Waals surface area contributed by atoms with Gasteiger partial charge in [0.2, 0.25) is 5.95 Å². The number of nitrogens with zero attached hydrogens (tertiary/aromatic N) is 4. The molecule has 0 saturated heterocycles. The van der Waals surface area contributed by atoms with Crippen molar-refractivity contribution in [2.24, 2.45) is 0 Å². The minimum Gasteiger partial charge on any atom is -0.497 e. The fraction of sp³-hybridized carbons (Fsp3) is 0.281. The number of nitrogens with one attached hydrogen (secondary N) is 1. The van der Waals surface area contributed by atoms with Crippen LogP contribution in [0.15, 0.2) is 72.9 Å². The smallest absolute Gasteiger partial charge is 0.425 e. The fourth-order valence-electron chi connectivity index (χ4n) is 4.25. The Morgan fingerprint density at radius 1 is 0.905 bits per heavy atom. The van der Waals surface area contributed by atoms with Crippen LogP contribution in [-0.2, 0) is 0 Å². The van der Waals surface area contributed by atoms with Crippen molar-refractivity contribution in [3.8, 4) is 23.0 Å². The lowest BCUT2D eigenvalue weighted by Crippen LogP contribution is -2.31. The highest BCUT2D eigenvalue weighted by molar-refractivity contribution is 5.98. The molecule has 0 atom stereocenters. The van der Waals surface area contributed by atoms with Crippen LogP contribution < -0.4 is 29.2 Å². The Morgan fingerprint density at radius 3 is 2.29 bits per heavy atom. The van der Waals surface area contributed by atoms with E-state index in [1.807, 2.05) is 70.4 Å². The Bertz CT molecular complexity index is 1470. The van der Waals surface area contributed by atoms with Gasteiger partial charge in [0.25, 0.3) is 0 Å². The molecule has 1 aromatic heterocycles. The second-order valence-corrected chi connectivity index (χ2v) is 9.86. The molecule has 0 spiro atoms. The number of carbonyl (C=O) groups excluding carboxylic acids is 1. The summed E-state index contributed by atoms with van der Waals surface area (Å²) in [5.74, 6) is 2.82. The topological polar surface area (TPSA) is 98.3 Å². The predicted octanol–water partition coefficient (Wildman–Crippen LogP) is 6.52. The number of amides is 1. The average Bonchev–Trinajstić information content (AvgIpc) is 2.98. The molecule has 0 saturated carbocycles. The minimum atomic E-state index is -0.656. The molecule has 10 nitrogen and oxygen atoms in total. The van der Waals surface area contributed by atoms with Crippen LogP contribution in [0.3, 0.4) is 0 Å². The van der Waals surface area contributed by atoms with Crippen LogP contribution in [0.2, 0.25) is 0 Å². The first-order valence-corrected chi connectivity index (χ1v) is 13.6. The summed E-state index contributed by atoms with van der Waals surface area (Å²) in [6, 6.07) is 20.0. The van der Waals surface area contributed by atoms with Crippen LogP contribution in [0, 0.1) is 13.8 Å². The number of aromatic nitrogens is 2. The van der Waals surface area contributed by atoms with Crippen molar-refractivity contribution in [1.82, 2.24) is 14.9 Å². The number of hydrogen-bond donors (Lipinski definition) is 1. The maximum absolute atomic E-state index is 13.8. The second kappa shape index (κ2) is 14.2. The standard InChI is InChI=1S/C32H37N5O5/c1-22-9-7-10-23(2)30(22)42-32(38)37(27-16-15-26(39-5)21-28(27)40-6)29-17-18-33-31(35-29)34-24-11-13-25(14-12-24)41-20-8-19-36(3)4/h7,9-18,21H,8,19-20H2,1-6H3,(H,33,34,35). The summed E-state index contributed by atoms with van der Waals surface area (Å²) >= 11 is 0. The number of hydrogen-bond acceptors (Lipinski definition) is 9. The van der Waals surface area contributed by atoms with E-state index in [0.29, 0.717) is 35.5 Å². The Hall–Kier alpha value is -4.83. The first-order valence-electron chi connectivity index (χ1n) is 13.6. The third-order valence-corrected chi connectivity index (χ3v) is 6.41. The monoisotopic (exact) mass is 571 g/mol. The summed E-state index contributed by atoms with van der Waals surface area (Å²) < 4.78 is 22.7. The second-order valence-electron chi connectivity index (χ2n) is 9.86. The molecule has 1 N–H and O–H groups in total. The summed E-state index contributed by atoms with van der Waals surface area (Å²) in [6.45, 7) is 5.38. The summed E-state index contributed by atoms with van der Waals surface area (Å²) in [4.78, 5) is 26.3. The molecule has 10 heteroatoms. The van der Waals surface area contributed by atoms with Gasteiger partial charge in [-0.3, -0.25) is 0 Å². The number of benzene rings is 3. The first-order chi connectivity index (χ1) is 20.3. The molecule has 1 amide bonds. The van der Waals surface area contributed by atoms with E-state index in [0.717, 1.165) is 35.5 Å². The molecule has 1 heterocycles. The molecule has 0 radical (unpaired) electrons. The van der Waals surface area contributed by atoms with E-state index in [1.165, 1.54) is 12.0 Å². The predicted molar refractivity (Wildman–Crippen MR) is 164 cm³/mol. The third-order valence-electron chi connectivity index (χ3n) is 6.41. The molecule has 0 aliphatic rings. The van der Waals surface area contributed by atoms with Crippen LogP contribution in [0.25, 0.3) is 0 Å². The number of aryl methyl sites for hydroxylation is 2. The van der Waals surface area contributed by atoms with Crippen molar-refractivity contribution in [3.63, 3.8) is 0 Å². The van der Waals surface area contributed by atoms with Gasteiger partial charge in [-0.1, -0.05) is 18.2 Å². The molecule has 0 aliphatic heterocycles. The van der Waals surface area contributed by atoms with Gasteiger partial charge in [0.15, 0.2) is 0 Å². The van der Waals surface area contributed by atoms with Gasteiger partial charge in [-0.15, -0.1) is 0 Å². The lowest BCUT2D eigenvalue weighted by molar-refractivity contribution is 0.209. The average molecular weight is 572 g/mol. The van der Waals surface area contributed by atoms with Crippen LogP contribution in [-0.4, -0.2) is 62.4 Å². The lowest BCUT2D eigenvalue weighted by Gasteiger charge is -2.24. The quantitative estimate of drug-likeness (QED) is 0.191. The molecule has 0 fully saturated rings. The molecule has 0 unspecified atom stereocenters. The summed E-state index contributed by atoms with van der Waals surface area (Å²) in [7, 11) is 7.17. The highest BCUT2D eigenvalue weighted by Crippen LogP contribution is 2.37. The number of ether oxygens (including phenoxy) is 4. The molecule has 0 bridgehead atoms. The summed E-state index contributed by atoms with van der Waals surface area (Å²) in [5, 5.41) is 3.20. The first kappa shape index (κ1) is 30.1. The molecule has 3 aromatic carbocycles. The van der Waals surface area contributed by atoms with Gasteiger partial charge in [0, 0.05) is 30.6 Å². The van der Waals surface area contributed by atoms with Gasteiger partial charge in [0.05, 0.1) is 26.5 Å². The van der Waals surface area contributed by atoms with E-state index >= 15 is 0 Å². The molecule has 0 aliphatic carbocycles. The zero-order valence-corrected chi connectivity index (χ0v) is 24.9. The molecular formula is C32H37N5O5. The van der Waals surface area contributed by atoms with E-state index in [1.54, 1.807) is 37.6 Å². The Morgan fingerprint density at radius 2 is 1.62 bits per heavy atom. The molecule has 4 aromatic rings. The fourth-order valence-corrected chi connectivity index (χ4v) is 4.25. The van der Waals surface area contributed by atoms with E-state index in [9.17, 15) is 4.79 Å². The molecule has 220 valence electrons. The molecule has 4 rings (SSSR count). The van der Waals surface area contributed by atoms with Gasteiger partial charge in [-0.2, -0.15) is 4.98 Å². The number of methoxy groups -OCH3 is 2. The Labute approximate surface area is 246 Å². The number of carbonyl (C=O) groups is 1. The van der Waals surface area contributed by atoms with Crippen molar-refractivity contribution in [2.75, 3.05) is 51.7 Å². The molecular weight excluding hydrogens is 534 g/mol. The highest BCUT2D eigenvalue weighted by atomic mass is 16.6. The van der Waals surface area contributed by atoms with Gasteiger partial charge in [0.1, 0.15) is 28.8 Å². The minimum absolute atomic E-state index is 0.285. The zero-order chi connectivity index (χ0) is 30.1. The van der Waals surface area contributed by atoms with E-state index in [-0.39, 0.29) is 5.82 Å². The van der Waals surface area contributed by atoms with Crippen molar-refractivity contribution in [1.29, 1.82) is 0 Å². The molecule has 42 heavy (non-hydrogen) atoms. The zero-order valence-electron chi connectivity index (χ0n) is 24.9. The summed E-state index contributed by atoms with van der Waals surface area (Å²) in [5.41, 5.74) is 2.86. The van der Waals surface area contributed by atoms with Crippen molar-refractivity contribution in [2.45, 2.75) is 20.3 Å². The lowest BCUT2D eigenvalue weighted by atomic mass is 10.1. The van der Waals surface area contributed by atoms with Crippen LogP contribution in [0.1, 0.15) is 17.5 Å². The number of para-hydroxylation sites is 1. The van der Waals surface area contributed by atoms with Crippen molar-refractivity contribution < 1.29 is 23.7 Å². The highest BCUT2D eigenvalue weighted by Gasteiger charge is 2.27. The Balaban J connectivity index is 1.61. The maximum Gasteiger partial charge on any atom is 0.425 e. The van der Waals surface area contributed by atoms with Gasteiger partial charge in [-0.25, -0.2) is 14.7 Å². The third kappa shape index (κ3) is 7.67. The van der Waals surface area contributed by atoms with Crippen LogP contribution in [0.4, 0.5) is 27.9 Å². The Kier molecular flexibility index (Phi) is 10.2. The van der Waals surface area contributed by atoms with Crippen molar-refractivity contribution in [3.05, 3.63) is 84.1 Å². The van der Waals surface area contributed by atoms with E-state index < -0.39 is 6.09 Å². The van der Waals surface area contributed by atoms with Gasteiger partial charge < -0.3 is 29.2 Å². The van der Waals surface area contributed by atoms with Gasteiger partial charge >= 0.3 is 6.09 Å². The van der Waals surface area contributed by atoms with E-state index in [2.05, 4.69) is 20.2 Å². The van der Waals surface area contributed by atoms with Gasteiger partial charge in [-0.05, 0) is 81.9 Å².